The molecule has 2 aliphatic rings. The van der Waals surface area contributed by atoms with Crippen LogP contribution < -0.4 is 5.32 Å². The van der Waals surface area contributed by atoms with E-state index in [0.29, 0.717) is 29.0 Å². The SMILES string of the molecule is C[C@@H]1C[C@H](C)CN(C[C@H](C)NC(=O)[C@@H]2CSCN2C(=O)c2ccccc2)C1. The minimum atomic E-state index is -0.385. The van der Waals surface area contributed by atoms with Crippen molar-refractivity contribution in [3.63, 3.8) is 0 Å². The average Bonchev–Trinajstić information content (AvgIpc) is 3.10. The van der Waals surface area contributed by atoms with Crippen molar-refractivity contribution in [2.45, 2.75) is 39.3 Å². The highest BCUT2D eigenvalue weighted by Gasteiger charge is 2.35. The fourth-order valence-electron chi connectivity index (χ4n) is 4.32. The molecule has 1 N–H and O–H groups in total. The van der Waals surface area contributed by atoms with Crippen molar-refractivity contribution in [3.05, 3.63) is 35.9 Å². The maximum absolute atomic E-state index is 12.8. The van der Waals surface area contributed by atoms with Gasteiger partial charge in [-0.15, -0.1) is 11.8 Å². The van der Waals surface area contributed by atoms with E-state index < -0.39 is 0 Å². The largest absolute Gasteiger partial charge is 0.351 e. The molecule has 0 aliphatic carbocycles. The van der Waals surface area contributed by atoms with Gasteiger partial charge in [-0.25, -0.2) is 0 Å². The van der Waals surface area contributed by atoms with Crippen LogP contribution in [0.1, 0.15) is 37.6 Å². The molecule has 5 nitrogen and oxygen atoms in total. The lowest BCUT2D eigenvalue weighted by atomic mass is 9.92. The van der Waals surface area contributed by atoms with Gasteiger partial charge in [0.15, 0.2) is 0 Å². The molecule has 0 spiro atoms. The number of benzene rings is 1. The topological polar surface area (TPSA) is 52.7 Å². The summed E-state index contributed by atoms with van der Waals surface area (Å²) >= 11 is 1.64. The van der Waals surface area contributed by atoms with Gasteiger partial charge in [0.1, 0.15) is 6.04 Å². The van der Waals surface area contributed by atoms with Crippen LogP contribution in [0.25, 0.3) is 0 Å². The van der Waals surface area contributed by atoms with Crippen LogP contribution in [-0.4, -0.2) is 65.0 Å². The standard InChI is InChI=1S/C21H31N3O2S/c1-15-9-16(2)11-23(10-15)12-17(3)22-20(25)19-13-27-14-24(19)21(26)18-7-5-4-6-8-18/h4-8,15-17,19H,9-14H2,1-3H3,(H,22,25)/t15-,16+,17-,19-/m0/s1. The molecule has 2 saturated heterocycles. The summed E-state index contributed by atoms with van der Waals surface area (Å²) in [6.45, 7) is 9.73. The fraction of sp³-hybridized carbons (Fsp3) is 0.619. The summed E-state index contributed by atoms with van der Waals surface area (Å²) in [4.78, 5) is 29.8. The number of piperidine rings is 1. The van der Waals surface area contributed by atoms with E-state index in [-0.39, 0.29) is 23.9 Å². The number of hydrogen-bond acceptors (Lipinski definition) is 4. The normalized spacial score (nSPS) is 27.4. The van der Waals surface area contributed by atoms with Gasteiger partial charge in [0.05, 0.1) is 5.88 Å². The number of likely N-dealkylation sites (tertiary alicyclic amines) is 1. The van der Waals surface area contributed by atoms with Gasteiger partial charge in [0.25, 0.3) is 5.91 Å². The molecule has 0 bridgehead atoms. The van der Waals surface area contributed by atoms with E-state index in [2.05, 4.69) is 31.0 Å². The molecule has 0 unspecified atom stereocenters. The predicted molar refractivity (Wildman–Crippen MR) is 111 cm³/mol. The summed E-state index contributed by atoms with van der Waals surface area (Å²) in [6, 6.07) is 8.91. The van der Waals surface area contributed by atoms with E-state index in [4.69, 9.17) is 0 Å². The van der Waals surface area contributed by atoms with Crippen molar-refractivity contribution in [1.82, 2.24) is 15.1 Å². The van der Waals surface area contributed by atoms with E-state index in [1.165, 1.54) is 6.42 Å². The number of carbonyl (C=O) groups is 2. The molecule has 3 rings (SSSR count). The summed E-state index contributed by atoms with van der Waals surface area (Å²) in [6.07, 6.45) is 1.28. The van der Waals surface area contributed by atoms with Gasteiger partial charge in [0.2, 0.25) is 5.91 Å². The average molecular weight is 390 g/mol. The lowest BCUT2D eigenvalue weighted by Gasteiger charge is -2.36. The molecule has 148 valence electrons. The molecule has 0 saturated carbocycles. The van der Waals surface area contributed by atoms with E-state index >= 15 is 0 Å². The van der Waals surface area contributed by atoms with E-state index in [9.17, 15) is 9.59 Å². The highest BCUT2D eigenvalue weighted by Crippen LogP contribution is 2.24. The van der Waals surface area contributed by atoms with Gasteiger partial charge in [-0.3, -0.25) is 9.59 Å². The van der Waals surface area contributed by atoms with Gasteiger partial charge < -0.3 is 15.1 Å². The van der Waals surface area contributed by atoms with Crippen molar-refractivity contribution in [1.29, 1.82) is 0 Å². The first-order chi connectivity index (χ1) is 12.9. The molecule has 4 atom stereocenters. The second kappa shape index (κ2) is 9.11. The zero-order chi connectivity index (χ0) is 19.4. The predicted octanol–water partition coefficient (Wildman–Crippen LogP) is 2.68. The Hall–Kier alpha value is -1.53. The van der Waals surface area contributed by atoms with Gasteiger partial charge in [-0.1, -0.05) is 32.0 Å². The monoisotopic (exact) mass is 389 g/mol. The highest BCUT2D eigenvalue weighted by atomic mass is 32.2. The Morgan fingerprint density at radius 2 is 1.85 bits per heavy atom. The summed E-state index contributed by atoms with van der Waals surface area (Å²) in [5.41, 5.74) is 0.641. The Morgan fingerprint density at radius 1 is 1.19 bits per heavy atom. The molecule has 27 heavy (non-hydrogen) atoms. The first kappa shape index (κ1) is 20.2. The molecule has 1 aromatic carbocycles. The van der Waals surface area contributed by atoms with Crippen molar-refractivity contribution >= 4 is 23.6 Å². The number of rotatable bonds is 5. The molecule has 2 aliphatic heterocycles. The van der Waals surface area contributed by atoms with Crippen LogP contribution in [0.15, 0.2) is 30.3 Å². The first-order valence-corrected chi connectivity index (χ1v) is 11.1. The molecular weight excluding hydrogens is 358 g/mol. The molecule has 1 aromatic rings. The third kappa shape index (κ3) is 5.26. The number of carbonyl (C=O) groups excluding carboxylic acids is 2. The fourth-order valence-corrected chi connectivity index (χ4v) is 5.47. The third-order valence-corrected chi connectivity index (χ3v) is 6.34. The molecule has 0 aromatic heterocycles. The van der Waals surface area contributed by atoms with Crippen LogP contribution in [0.2, 0.25) is 0 Å². The number of thioether (sulfide) groups is 1. The summed E-state index contributed by atoms with van der Waals surface area (Å²) < 4.78 is 0. The minimum Gasteiger partial charge on any atom is -0.351 e. The Kier molecular flexibility index (Phi) is 6.82. The van der Waals surface area contributed by atoms with Crippen molar-refractivity contribution in [3.8, 4) is 0 Å². The summed E-state index contributed by atoms with van der Waals surface area (Å²) in [5.74, 6) is 2.56. The maximum atomic E-state index is 12.8. The molecular formula is C21H31N3O2S. The molecule has 2 heterocycles. The number of nitrogens with zero attached hydrogens (tertiary/aromatic N) is 2. The lowest BCUT2D eigenvalue weighted by Crippen LogP contribution is -2.52. The quantitative estimate of drug-likeness (QED) is 0.841. The maximum Gasteiger partial charge on any atom is 0.255 e. The molecule has 0 radical (unpaired) electrons. The van der Waals surface area contributed by atoms with Crippen LogP contribution in [0.3, 0.4) is 0 Å². The number of hydrogen-bond donors (Lipinski definition) is 1. The highest BCUT2D eigenvalue weighted by molar-refractivity contribution is 7.99. The second-order valence-electron chi connectivity index (χ2n) is 8.23. The summed E-state index contributed by atoms with van der Waals surface area (Å²) in [5, 5.41) is 3.15. The zero-order valence-corrected chi connectivity index (χ0v) is 17.4. The number of amides is 2. The Morgan fingerprint density at radius 3 is 2.52 bits per heavy atom. The van der Waals surface area contributed by atoms with Crippen LogP contribution in [-0.2, 0) is 4.79 Å². The third-order valence-electron chi connectivity index (χ3n) is 5.33. The number of nitrogens with one attached hydrogen (secondary N) is 1. The van der Waals surface area contributed by atoms with Crippen molar-refractivity contribution < 1.29 is 9.59 Å². The van der Waals surface area contributed by atoms with Gasteiger partial charge in [-0.2, -0.15) is 0 Å². The Balaban J connectivity index is 1.55. The minimum absolute atomic E-state index is 0.0325. The van der Waals surface area contributed by atoms with Gasteiger partial charge in [0, 0.05) is 37.0 Å². The van der Waals surface area contributed by atoms with Crippen molar-refractivity contribution in [2.75, 3.05) is 31.3 Å². The van der Waals surface area contributed by atoms with E-state index in [0.717, 1.165) is 19.6 Å². The van der Waals surface area contributed by atoms with E-state index in [1.807, 2.05) is 30.3 Å². The van der Waals surface area contributed by atoms with Crippen LogP contribution in [0.5, 0.6) is 0 Å². The Bertz CT molecular complexity index is 644. The van der Waals surface area contributed by atoms with Crippen LogP contribution in [0, 0.1) is 11.8 Å². The van der Waals surface area contributed by atoms with Crippen LogP contribution >= 0.6 is 11.8 Å². The van der Waals surface area contributed by atoms with Gasteiger partial charge >= 0.3 is 0 Å². The molecule has 2 fully saturated rings. The molecule has 6 heteroatoms. The second-order valence-corrected chi connectivity index (χ2v) is 9.23. The van der Waals surface area contributed by atoms with Gasteiger partial charge in [-0.05, 0) is 37.3 Å². The van der Waals surface area contributed by atoms with Crippen molar-refractivity contribution in [2.24, 2.45) is 11.8 Å². The van der Waals surface area contributed by atoms with E-state index in [1.54, 1.807) is 16.7 Å². The summed E-state index contributed by atoms with van der Waals surface area (Å²) in [7, 11) is 0. The molecule has 2 amide bonds. The lowest BCUT2D eigenvalue weighted by molar-refractivity contribution is -0.125. The zero-order valence-electron chi connectivity index (χ0n) is 16.6. The first-order valence-electron chi connectivity index (χ1n) is 9.90. The Labute approximate surface area is 166 Å². The smallest absolute Gasteiger partial charge is 0.255 e. The van der Waals surface area contributed by atoms with Crippen LogP contribution in [0.4, 0.5) is 0 Å².